The van der Waals surface area contributed by atoms with Crippen LogP contribution in [0.1, 0.15) is 23.6 Å². The number of aliphatic carboxylic acids is 1. The van der Waals surface area contributed by atoms with Crippen LogP contribution in [0.15, 0.2) is 54.2 Å². The van der Waals surface area contributed by atoms with E-state index >= 15 is 0 Å². The fraction of sp³-hybridized carbons (Fsp3) is 0.158. The van der Waals surface area contributed by atoms with Gasteiger partial charge in [-0.05, 0) is 30.2 Å². The number of benzene rings is 2. The zero-order valence-corrected chi connectivity index (χ0v) is 13.6. The molecule has 24 heavy (non-hydrogen) atoms. The van der Waals surface area contributed by atoms with E-state index in [2.05, 4.69) is 5.32 Å². The molecule has 1 amide bonds. The first-order chi connectivity index (χ1) is 11.5. The highest BCUT2D eigenvalue weighted by atomic mass is 16.5. The second kappa shape index (κ2) is 7.97. The molecule has 0 heterocycles. The molecule has 0 spiro atoms. The highest BCUT2D eigenvalue weighted by molar-refractivity contribution is 5.96. The summed E-state index contributed by atoms with van der Waals surface area (Å²) in [4.78, 5) is 22.4. The van der Waals surface area contributed by atoms with E-state index in [0.717, 1.165) is 11.1 Å². The molecule has 2 N–H and O–H groups in total. The molecule has 0 aliphatic carbocycles. The Labute approximate surface area is 140 Å². The standard InChI is InChI=1S/C19H19NO4/c1-13-7-3-4-9-16(13)12-24-18-10-6-5-8-15(18)11-17(19(22)23)20-14(2)21/h3-11H,12H2,1-2H3,(H,20,21)(H,22,23)/b17-11+. The summed E-state index contributed by atoms with van der Waals surface area (Å²) in [6.07, 6.45) is 1.39. The van der Waals surface area contributed by atoms with Gasteiger partial charge in [0, 0.05) is 12.5 Å². The number of carboxylic acid groups (broad SMARTS) is 1. The maximum atomic E-state index is 11.3. The smallest absolute Gasteiger partial charge is 0.352 e. The summed E-state index contributed by atoms with van der Waals surface area (Å²) in [5.74, 6) is -1.11. The Balaban J connectivity index is 2.25. The predicted molar refractivity (Wildman–Crippen MR) is 91.4 cm³/mol. The Hall–Kier alpha value is -3.08. The number of carbonyl (C=O) groups is 2. The van der Waals surface area contributed by atoms with Gasteiger partial charge in [-0.3, -0.25) is 4.79 Å². The lowest BCUT2D eigenvalue weighted by Gasteiger charge is -2.11. The van der Waals surface area contributed by atoms with Gasteiger partial charge in [0.05, 0.1) is 0 Å². The average molecular weight is 325 g/mol. The number of hydrogen-bond donors (Lipinski definition) is 2. The Bertz CT molecular complexity index is 780. The van der Waals surface area contributed by atoms with E-state index in [-0.39, 0.29) is 5.70 Å². The van der Waals surface area contributed by atoms with E-state index in [1.807, 2.05) is 37.3 Å². The molecular weight excluding hydrogens is 306 g/mol. The van der Waals surface area contributed by atoms with Crippen LogP contribution in [0.5, 0.6) is 5.75 Å². The molecule has 0 unspecified atom stereocenters. The largest absolute Gasteiger partial charge is 0.488 e. The molecule has 0 radical (unpaired) electrons. The van der Waals surface area contributed by atoms with E-state index in [1.54, 1.807) is 18.2 Å². The van der Waals surface area contributed by atoms with Crippen molar-refractivity contribution in [1.29, 1.82) is 0 Å². The van der Waals surface area contributed by atoms with Gasteiger partial charge in [0.2, 0.25) is 5.91 Å². The van der Waals surface area contributed by atoms with Crippen LogP contribution in [-0.4, -0.2) is 17.0 Å². The molecular formula is C19H19NO4. The van der Waals surface area contributed by atoms with Crippen molar-refractivity contribution in [3.63, 3.8) is 0 Å². The quantitative estimate of drug-likeness (QED) is 0.800. The zero-order valence-electron chi connectivity index (χ0n) is 13.6. The summed E-state index contributed by atoms with van der Waals surface area (Å²) in [5.41, 5.74) is 2.55. The van der Waals surface area contributed by atoms with Crippen LogP contribution in [0.25, 0.3) is 6.08 Å². The Morgan fingerprint density at radius 2 is 1.79 bits per heavy atom. The molecule has 5 nitrogen and oxygen atoms in total. The van der Waals surface area contributed by atoms with Crippen molar-refractivity contribution in [2.45, 2.75) is 20.5 Å². The summed E-state index contributed by atoms with van der Waals surface area (Å²) < 4.78 is 5.84. The maximum Gasteiger partial charge on any atom is 0.352 e. The normalized spacial score (nSPS) is 11.0. The maximum absolute atomic E-state index is 11.3. The molecule has 2 aromatic rings. The van der Waals surface area contributed by atoms with Gasteiger partial charge in [-0.15, -0.1) is 0 Å². The van der Waals surface area contributed by atoms with Gasteiger partial charge >= 0.3 is 5.97 Å². The molecule has 0 aromatic heterocycles. The zero-order chi connectivity index (χ0) is 17.5. The number of ether oxygens (including phenoxy) is 1. The predicted octanol–water partition coefficient (Wildman–Crippen LogP) is 3.14. The summed E-state index contributed by atoms with van der Waals surface area (Å²) in [6, 6.07) is 15.0. The van der Waals surface area contributed by atoms with Crippen LogP contribution in [0.2, 0.25) is 0 Å². The summed E-state index contributed by atoms with van der Waals surface area (Å²) >= 11 is 0. The Kier molecular flexibility index (Phi) is 5.73. The Morgan fingerprint density at radius 3 is 2.46 bits per heavy atom. The van der Waals surface area contributed by atoms with Gasteiger partial charge in [-0.25, -0.2) is 4.79 Å². The van der Waals surface area contributed by atoms with Crippen molar-refractivity contribution in [3.05, 3.63) is 70.9 Å². The minimum atomic E-state index is -1.21. The van der Waals surface area contributed by atoms with Crippen molar-refractivity contribution in [3.8, 4) is 5.75 Å². The van der Waals surface area contributed by atoms with Crippen molar-refractivity contribution in [2.24, 2.45) is 0 Å². The first kappa shape index (κ1) is 17.3. The number of rotatable bonds is 6. The van der Waals surface area contributed by atoms with Gasteiger partial charge in [-0.2, -0.15) is 0 Å². The minimum Gasteiger partial charge on any atom is -0.488 e. The minimum absolute atomic E-state index is 0.200. The lowest BCUT2D eigenvalue weighted by Crippen LogP contribution is -2.24. The number of nitrogens with one attached hydrogen (secondary N) is 1. The molecule has 2 aromatic carbocycles. The van der Waals surface area contributed by atoms with Gasteiger partial charge in [0.15, 0.2) is 0 Å². The van der Waals surface area contributed by atoms with Gasteiger partial charge in [0.1, 0.15) is 18.1 Å². The molecule has 0 fully saturated rings. The van der Waals surface area contributed by atoms with Gasteiger partial charge in [0.25, 0.3) is 0 Å². The molecule has 2 rings (SSSR count). The topological polar surface area (TPSA) is 75.6 Å². The third kappa shape index (κ3) is 4.71. The number of carbonyl (C=O) groups excluding carboxylic acids is 1. The highest BCUT2D eigenvalue weighted by Crippen LogP contribution is 2.22. The second-order valence-electron chi connectivity index (χ2n) is 5.30. The number of hydrogen-bond acceptors (Lipinski definition) is 3. The summed E-state index contributed by atoms with van der Waals surface area (Å²) in [6.45, 7) is 3.64. The summed E-state index contributed by atoms with van der Waals surface area (Å²) in [7, 11) is 0. The third-order valence-corrected chi connectivity index (χ3v) is 3.40. The van der Waals surface area contributed by atoms with E-state index in [1.165, 1.54) is 13.0 Å². The van der Waals surface area contributed by atoms with E-state index in [4.69, 9.17) is 4.74 Å². The fourth-order valence-electron chi connectivity index (χ4n) is 2.16. The lowest BCUT2D eigenvalue weighted by molar-refractivity contribution is -0.134. The number of para-hydroxylation sites is 1. The molecule has 0 atom stereocenters. The molecule has 5 heteroatoms. The molecule has 0 bridgehead atoms. The van der Waals surface area contributed by atoms with Gasteiger partial charge in [-0.1, -0.05) is 42.5 Å². The lowest BCUT2D eigenvalue weighted by atomic mass is 10.1. The van der Waals surface area contributed by atoms with Crippen molar-refractivity contribution < 1.29 is 19.4 Å². The van der Waals surface area contributed by atoms with Gasteiger partial charge < -0.3 is 15.2 Å². The first-order valence-electron chi connectivity index (χ1n) is 7.46. The first-order valence-corrected chi connectivity index (χ1v) is 7.46. The van der Waals surface area contributed by atoms with Crippen molar-refractivity contribution >= 4 is 18.0 Å². The second-order valence-corrected chi connectivity index (χ2v) is 5.30. The van der Waals surface area contributed by atoms with Crippen LogP contribution in [0, 0.1) is 6.92 Å². The fourth-order valence-corrected chi connectivity index (χ4v) is 2.16. The molecule has 0 aliphatic heterocycles. The van der Waals surface area contributed by atoms with Crippen molar-refractivity contribution in [2.75, 3.05) is 0 Å². The third-order valence-electron chi connectivity index (χ3n) is 3.40. The number of carboxylic acids is 1. The molecule has 0 aliphatic rings. The number of aryl methyl sites for hydroxylation is 1. The van der Waals surface area contributed by atoms with E-state index in [9.17, 15) is 14.7 Å². The highest BCUT2D eigenvalue weighted by Gasteiger charge is 2.11. The monoisotopic (exact) mass is 325 g/mol. The molecule has 0 saturated carbocycles. The van der Waals surface area contributed by atoms with Crippen LogP contribution in [-0.2, 0) is 16.2 Å². The Morgan fingerprint density at radius 1 is 1.12 bits per heavy atom. The van der Waals surface area contributed by atoms with Crippen LogP contribution < -0.4 is 10.1 Å². The van der Waals surface area contributed by atoms with Crippen LogP contribution >= 0.6 is 0 Å². The molecule has 0 saturated heterocycles. The molecule has 124 valence electrons. The van der Waals surface area contributed by atoms with E-state index in [0.29, 0.717) is 17.9 Å². The SMILES string of the molecule is CC(=O)N/C(=C/c1ccccc1OCc1ccccc1C)C(=O)O. The number of amides is 1. The van der Waals surface area contributed by atoms with Crippen molar-refractivity contribution in [1.82, 2.24) is 5.32 Å². The average Bonchev–Trinajstić information content (AvgIpc) is 2.54. The van der Waals surface area contributed by atoms with E-state index < -0.39 is 11.9 Å². The summed E-state index contributed by atoms with van der Waals surface area (Å²) in [5, 5.41) is 11.5. The van der Waals surface area contributed by atoms with Crippen LogP contribution in [0.3, 0.4) is 0 Å². The van der Waals surface area contributed by atoms with Crippen LogP contribution in [0.4, 0.5) is 0 Å².